The van der Waals surface area contributed by atoms with Gasteiger partial charge in [0.2, 0.25) is 17.7 Å². The summed E-state index contributed by atoms with van der Waals surface area (Å²) in [5, 5.41) is 15.6. The Hall–Kier alpha value is -3.83. The van der Waals surface area contributed by atoms with Crippen LogP contribution in [0.25, 0.3) is 0 Å². The van der Waals surface area contributed by atoms with Crippen molar-refractivity contribution >= 4 is 46.0 Å². The number of nitrogens with zero attached hydrogens (tertiary/aromatic N) is 1. The summed E-state index contributed by atoms with van der Waals surface area (Å²) in [5.74, 6) is -1.40. The zero-order valence-corrected chi connectivity index (χ0v) is 20.8. The highest BCUT2D eigenvalue weighted by molar-refractivity contribution is 8.15. The van der Waals surface area contributed by atoms with Crippen LogP contribution < -0.4 is 21.9 Å². The van der Waals surface area contributed by atoms with E-state index >= 15 is 0 Å². The molecule has 10 nitrogen and oxygen atoms in total. The van der Waals surface area contributed by atoms with Gasteiger partial charge < -0.3 is 15.7 Å². The first-order valence-electron chi connectivity index (χ1n) is 10.8. The van der Waals surface area contributed by atoms with Crippen molar-refractivity contribution in [3.8, 4) is 5.88 Å². The average Bonchev–Trinajstić information content (AvgIpc) is 3.14. The molecule has 0 unspecified atom stereocenters. The van der Waals surface area contributed by atoms with Gasteiger partial charge in [-0.2, -0.15) is 0 Å². The van der Waals surface area contributed by atoms with Crippen LogP contribution in [-0.4, -0.2) is 37.3 Å². The van der Waals surface area contributed by atoms with Gasteiger partial charge in [-0.3, -0.25) is 24.4 Å². The molecule has 2 aromatic carbocycles. The van der Waals surface area contributed by atoms with E-state index in [1.54, 1.807) is 30.3 Å². The number of halogens is 1. The number of rotatable bonds is 6. The molecule has 186 valence electrons. The van der Waals surface area contributed by atoms with Crippen LogP contribution in [0.2, 0.25) is 5.02 Å². The van der Waals surface area contributed by atoms with Gasteiger partial charge in [0, 0.05) is 17.1 Å². The molecule has 1 fully saturated rings. The second-order valence-corrected chi connectivity index (χ2v) is 9.83. The van der Waals surface area contributed by atoms with Crippen molar-refractivity contribution in [3.05, 3.63) is 90.6 Å². The molecule has 1 aromatic heterocycles. The van der Waals surface area contributed by atoms with Gasteiger partial charge in [0.05, 0.1) is 0 Å². The number of H-pyrrole nitrogens is 2. The molecule has 2 heterocycles. The quantitative estimate of drug-likeness (QED) is 0.332. The van der Waals surface area contributed by atoms with Crippen LogP contribution in [0, 0.1) is 13.8 Å². The van der Waals surface area contributed by atoms with Gasteiger partial charge in [0.25, 0.3) is 5.56 Å². The van der Waals surface area contributed by atoms with Crippen molar-refractivity contribution in [1.82, 2.24) is 15.3 Å². The number of anilines is 1. The molecular formula is C24H22ClN5O5S. The van der Waals surface area contributed by atoms with Crippen molar-refractivity contribution in [3.63, 3.8) is 0 Å². The van der Waals surface area contributed by atoms with Crippen molar-refractivity contribution in [2.24, 2.45) is 4.99 Å². The fourth-order valence-electron chi connectivity index (χ4n) is 3.61. The molecule has 2 amide bonds. The Morgan fingerprint density at radius 2 is 1.83 bits per heavy atom. The minimum absolute atomic E-state index is 0.0987. The van der Waals surface area contributed by atoms with E-state index in [0.29, 0.717) is 16.3 Å². The standard InChI is InChI=1S/C24H22ClN5O5S/c1-11-3-8-15(9-12(11)2)26-17(31)10-16-20(32)30-24(36-16)27-19(13-4-6-14(25)7-5-13)18-21(33)28-23(35)29-22(18)34/h3-9,16,19H,10H2,1-2H3,(H,26,31)(H,27,30,32)(H3,28,29,33,34,35)/t16-,19+/m0/s1. The van der Waals surface area contributed by atoms with Crippen molar-refractivity contribution in [1.29, 1.82) is 0 Å². The number of thioether (sulfide) groups is 1. The number of hydrogen-bond acceptors (Lipinski definition) is 7. The number of aromatic nitrogens is 2. The number of amidine groups is 1. The normalized spacial score (nSPS) is 17.1. The van der Waals surface area contributed by atoms with E-state index in [2.05, 4.69) is 25.6 Å². The molecule has 0 bridgehead atoms. The smallest absolute Gasteiger partial charge is 0.328 e. The van der Waals surface area contributed by atoms with Gasteiger partial charge in [-0.15, -0.1) is 0 Å². The minimum atomic E-state index is -1.08. The van der Waals surface area contributed by atoms with E-state index in [9.17, 15) is 24.3 Å². The van der Waals surface area contributed by atoms with Gasteiger partial charge in [-0.25, -0.2) is 9.79 Å². The second kappa shape index (κ2) is 10.4. The number of benzene rings is 2. The summed E-state index contributed by atoms with van der Waals surface area (Å²) in [6.45, 7) is 3.91. The number of aryl methyl sites for hydroxylation is 2. The number of carbonyl (C=O) groups excluding carboxylic acids is 2. The molecule has 1 saturated heterocycles. The highest BCUT2D eigenvalue weighted by Crippen LogP contribution is 2.32. The lowest BCUT2D eigenvalue weighted by molar-refractivity contribution is -0.122. The Morgan fingerprint density at radius 1 is 1.11 bits per heavy atom. The number of nitrogens with one attached hydrogen (secondary N) is 4. The number of aromatic amines is 2. The molecule has 4 rings (SSSR count). The Morgan fingerprint density at radius 3 is 2.50 bits per heavy atom. The van der Waals surface area contributed by atoms with E-state index in [0.717, 1.165) is 22.9 Å². The maximum atomic E-state index is 12.6. The molecule has 0 saturated carbocycles. The predicted octanol–water partition coefficient (Wildman–Crippen LogP) is 2.74. The third-order valence-electron chi connectivity index (χ3n) is 5.60. The first kappa shape index (κ1) is 25.3. The molecule has 2 atom stereocenters. The Bertz CT molecular complexity index is 1480. The topological polar surface area (TPSA) is 157 Å². The van der Waals surface area contributed by atoms with E-state index < -0.39 is 34.3 Å². The summed E-state index contributed by atoms with van der Waals surface area (Å²) in [4.78, 5) is 57.9. The predicted molar refractivity (Wildman–Crippen MR) is 139 cm³/mol. The number of amides is 2. The first-order valence-corrected chi connectivity index (χ1v) is 12.1. The van der Waals surface area contributed by atoms with E-state index in [-0.39, 0.29) is 23.1 Å². The highest BCUT2D eigenvalue weighted by atomic mass is 35.5. The number of aliphatic imine (C=N–C) groups is 1. The zero-order chi connectivity index (χ0) is 26.0. The monoisotopic (exact) mass is 527 g/mol. The third kappa shape index (κ3) is 5.69. The summed E-state index contributed by atoms with van der Waals surface area (Å²) in [6.07, 6.45) is -0.0987. The van der Waals surface area contributed by atoms with Crippen LogP contribution in [0.3, 0.4) is 0 Å². The summed E-state index contributed by atoms with van der Waals surface area (Å²) >= 11 is 7.01. The van der Waals surface area contributed by atoms with Crippen LogP contribution in [0.15, 0.2) is 57.0 Å². The molecule has 5 N–H and O–H groups in total. The second-order valence-electron chi connectivity index (χ2n) is 8.21. The van der Waals surface area contributed by atoms with Crippen molar-refractivity contribution in [2.45, 2.75) is 31.6 Å². The molecule has 0 spiro atoms. The van der Waals surface area contributed by atoms with Crippen molar-refractivity contribution in [2.75, 3.05) is 5.32 Å². The van der Waals surface area contributed by atoms with Crippen molar-refractivity contribution < 1.29 is 14.7 Å². The van der Waals surface area contributed by atoms with Crippen LogP contribution in [0.5, 0.6) is 5.88 Å². The van der Waals surface area contributed by atoms with Crippen LogP contribution in [-0.2, 0) is 9.59 Å². The zero-order valence-electron chi connectivity index (χ0n) is 19.2. The number of aromatic hydroxyl groups is 1. The minimum Gasteiger partial charge on any atom is -0.494 e. The lowest BCUT2D eigenvalue weighted by Gasteiger charge is -2.14. The Labute approximate surface area is 214 Å². The molecule has 0 aliphatic carbocycles. The van der Waals surface area contributed by atoms with E-state index in [4.69, 9.17) is 11.6 Å². The Balaban J connectivity index is 1.58. The van der Waals surface area contributed by atoms with Gasteiger partial charge in [0.1, 0.15) is 16.9 Å². The lowest BCUT2D eigenvalue weighted by Crippen LogP contribution is -2.29. The van der Waals surface area contributed by atoms with Gasteiger partial charge in [-0.05, 0) is 54.8 Å². The number of hydrogen-bond donors (Lipinski definition) is 5. The first-order chi connectivity index (χ1) is 17.1. The molecule has 1 aliphatic heterocycles. The highest BCUT2D eigenvalue weighted by Gasteiger charge is 2.33. The summed E-state index contributed by atoms with van der Waals surface area (Å²) in [7, 11) is 0. The van der Waals surface area contributed by atoms with Gasteiger partial charge >= 0.3 is 5.69 Å². The fourth-order valence-corrected chi connectivity index (χ4v) is 4.73. The van der Waals surface area contributed by atoms with Gasteiger partial charge in [-0.1, -0.05) is 41.6 Å². The largest absolute Gasteiger partial charge is 0.494 e. The van der Waals surface area contributed by atoms with Crippen LogP contribution in [0.4, 0.5) is 5.69 Å². The van der Waals surface area contributed by atoms with Crippen LogP contribution in [0.1, 0.15) is 34.7 Å². The molecule has 1 aliphatic rings. The van der Waals surface area contributed by atoms with Gasteiger partial charge in [0.15, 0.2) is 5.17 Å². The molecule has 0 radical (unpaired) electrons. The van der Waals surface area contributed by atoms with E-state index in [1.165, 1.54) is 0 Å². The molecule has 3 aromatic rings. The summed E-state index contributed by atoms with van der Waals surface area (Å²) in [6, 6.07) is 10.9. The SMILES string of the molecule is Cc1ccc(NC(=O)C[C@@H]2SC(=N[C@H](c3ccc(Cl)cc3)c3c(O)[nH]c(=O)[nH]c3=O)NC2=O)cc1C. The molecule has 36 heavy (non-hydrogen) atoms. The maximum absolute atomic E-state index is 12.6. The Kier molecular flexibility index (Phi) is 7.32. The number of carbonyl (C=O) groups is 2. The lowest BCUT2D eigenvalue weighted by atomic mass is 10.0. The molecule has 12 heteroatoms. The summed E-state index contributed by atoms with van der Waals surface area (Å²) in [5.41, 5.74) is 1.32. The fraction of sp³-hybridized carbons (Fsp3) is 0.208. The maximum Gasteiger partial charge on any atom is 0.328 e. The van der Waals surface area contributed by atoms with E-state index in [1.807, 2.05) is 26.0 Å². The summed E-state index contributed by atoms with van der Waals surface area (Å²) < 4.78 is 0. The third-order valence-corrected chi connectivity index (χ3v) is 6.95. The molecular weight excluding hydrogens is 506 g/mol. The average molecular weight is 528 g/mol. The van der Waals surface area contributed by atoms with Crippen LogP contribution >= 0.6 is 23.4 Å².